The van der Waals surface area contributed by atoms with Gasteiger partial charge in [-0.2, -0.15) is 13.2 Å². The summed E-state index contributed by atoms with van der Waals surface area (Å²) in [4.78, 5) is 27.8. The highest BCUT2D eigenvalue weighted by atomic mass is 19.4. The van der Waals surface area contributed by atoms with Crippen LogP contribution in [0.3, 0.4) is 0 Å². The third-order valence-corrected chi connectivity index (χ3v) is 5.68. The van der Waals surface area contributed by atoms with Gasteiger partial charge >= 0.3 is 12.2 Å². The van der Waals surface area contributed by atoms with Gasteiger partial charge in [0.2, 0.25) is 0 Å². The van der Waals surface area contributed by atoms with Gasteiger partial charge in [-0.3, -0.25) is 4.79 Å². The third kappa shape index (κ3) is 5.36. The number of rotatable bonds is 5. The predicted octanol–water partition coefficient (Wildman–Crippen LogP) is 7.05. The summed E-state index contributed by atoms with van der Waals surface area (Å²) in [5, 5.41) is 10.6. The van der Waals surface area contributed by atoms with Crippen LogP contribution in [0.5, 0.6) is 0 Å². The second-order valence-electron chi connectivity index (χ2n) is 8.38. The van der Waals surface area contributed by atoms with Crippen LogP contribution in [0, 0.1) is 5.82 Å². The number of anilines is 5. The fraction of sp³-hybridized carbons (Fsp3) is 0.0370. The number of H-pyrrole nitrogens is 1. The van der Waals surface area contributed by atoms with Crippen molar-refractivity contribution in [2.45, 2.75) is 6.18 Å². The van der Waals surface area contributed by atoms with Crippen LogP contribution in [0.25, 0.3) is 11.6 Å². The highest BCUT2D eigenvalue weighted by molar-refractivity contribution is 6.35. The van der Waals surface area contributed by atoms with Gasteiger partial charge < -0.3 is 26.3 Å². The summed E-state index contributed by atoms with van der Waals surface area (Å²) in [7, 11) is 0. The zero-order valence-electron chi connectivity index (χ0n) is 19.4. The van der Waals surface area contributed by atoms with Crippen molar-refractivity contribution >= 4 is 52.0 Å². The van der Waals surface area contributed by atoms with Crippen molar-refractivity contribution in [1.82, 2.24) is 4.98 Å². The molecule has 0 saturated heterocycles. The number of hydrogen-bond donors (Lipinski definition) is 5. The summed E-state index contributed by atoms with van der Waals surface area (Å²) in [6.45, 7) is 0. The minimum absolute atomic E-state index is 0.221. The Morgan fingerprint density at radius 1 is 0.868 bits per heavy atom. The van der Waals surface area contributed by atoms with Gasteiger partial charge in [-0.05, 0) is 66.7 Å². The highest BCUT2D eigenvalue weighted by Crippen LogP contribution is 2.36. The minimum atomic E-state index is -4.68. The molecule has 38 heavy (non-hydrogen) atoms. The highest BCUT2D eigenvalue weighted by Gasteiger charge is 2.31. The standard InChI is InChI=1S/C27H19F4N5O2/c28-22-9-6-15(27(29,30)31)11-24(22)36-26(38)34-18-4-1-3-17(12-18)33-19-7-8-20-21(13-16-5-2-10-32-16)25(37)35-23(20)14-19/h1-14,32-33H,(H,35,37)(H2,34,36,38)/b21-13+. The third-order valence-electron chi connectivity index (χ3n) is 5.68. The molecule has 0 saturated carbocycles. The number of fused-ring (bicyclic) bond motifs is 1. The molecule has 1 aliphatic heterocycles. The monoisotopic (exact) mass is 521 g/mol. The second-order valence-corrected chi connectivity index (χ2v) is 8.38. The second kappa shape index (κ2) is 9.77. The molecule has 5 rings (SSSR count). The van der Waals surface area contributed by atoms with Crippen molar-refractivity contribution < 1.29 is 27.2 Å². The van der Waals surface area contributed by atoms with Crippen LogP contribution in [-0.2, 0) is 11.0 Å². The van der Waals surface area contributed by atoms with E-state index in [4.69, 9.17) is 0 Å². The van der Waals surface area contributed by atoms with Crippen LogP contribution in [0.1, 0.15) is 16.8 Å². The smallest absolute Gasteiger partial charge is 0.362 e. The predicted molar refractivity (Wildman–Crippen MR) is 138 cm³/mol. The fourth-order valence-electron chi connectivity index (χ4n) is 3.93. The van der Waals surface area contributed by atoms with Crippen LogP contribution in [-0.4, -0.2) is 16.9 Å². The number of aromatic nitrogens is 1. The molecule has 7 nitrogen and oxygen atoms in total. The average Bonchev–Trinajstić information content (AvgIpc) is 3.47. The molecule has 3 amide bonds. The Hall–Kier alpha value is -5.06. The summed E-state index contributed by atoms with van der Waals surface area (Å²) in [5.41, 5.74) is 2.59. The normalized spacial score (nSPS) is 13.7. The summed E-state index contributed by atoms with van der Waals surface area (Å²) in [5.74, 6) is -1.22. The Morgan fingerprint density at radius 2 is 1.66 bits per heavy atom. The summed E-state index contributed by atoms with van der Waals surface area (Å²) in [6, 6.07) is 16.4. The lowest BCUT2D eigenvalue weighted by Gasteiger charge is -2.13. The summed E-state index contributed by atoms with van der Waals surface area (Å²) >= 11 is 0. The van der Waals surface area contributed by atoms with Gasteiger partial charge in [-0.15, -0.1) is 0 Å². The van der Waals surface area contributed by atoms with E-state index in [9.17, 15) is 27.2 Å². The van der Waals surface area contributed by atoms with Crippen LogP contribution in [0.15, 0.2) is 79.0 Å². The van der Waals surface area contributed by atoms with E-state index < -0.39 is 29.3 Å². The van der Waals surface area contributed by atoms with Crippen molar-refractivity contribution in [3.63, 3.8) is 0 Å². The van der Waals surface area contributed by atoms with Gasteiger partial charge in [-0.25, -0.2) is 9.18 Å². The maximum atomic E-state index is 13.9. The SMILES string of the molecule is O=C(Nc1cccc(Nc2ccc3c(c2)NC(=O)/C3=C/c2ccc[nH]2)c1)Nc1cc(C(F)(F)F)ccc1F. The van der Waals surface area contributed by atoms with Crippen molar-refractivity contribution in [3.8, 4) is 0 Å². The lowest BCUT2D eigenvalue weighted by Crippen LogP contribution is -2.20. The maximum Gasteiger partial charge on any atom is 0.416 e. The van der Waals surface area contributed by atoms with Gasteiger partial charge in [0.05, 0.1) is 22.5 Å². The van der Waals surface area contributed by atoms with E-state index in [0.717, 1.165) is 11.3 Å². The topological polar surface area (TPSA) is 98.1 Å². The molecule has 0 radical (unpaired) electrons. The molecule has 1 aromatic heterocycles. The number of aromatic amines is 1. The zero-order valence-corrected chi connectivity index (χ0v) is 19.4. The molecule has 0 fully saturated rings. The first-order chi connectivity index (χ1) is 18.2. The number of carbonyl (C=O) groups is 2. The number of urea groups is 1. The molecule has 0 bridgehead atoms. The first kappa shape index (κ1) is 24.6. The molecular weight excluding hydrogens is 502 g/mol. The molecule has 0 unspecified atom stereocenters. The van der Waals surface area contributed by atoms with E-state index in [1.54, 1.807) is 48.7 Å². The number of nitrogens with one attached hydrogen (secondary N) is 5. The van der Waals surface area contributed by atoms with E-state index in [2.05, 4.69) is 26.3 Å². The largest absolute Gasteiger partial charge is 0.416 e. The molecule has 0 aliphatic carbocycles. The van der Waals surface area contributed by atoms with E-state index in [0.29, 0.717) is 46.5 Å². The molecule has 192 valence electrons. The Bertz CT molecular complexity index is 1560. The Labute approximate surface area is 213 Å². The van der Waals surface area contributed by atoms with Crippen LogP contribution < -0.4 is 21.3 Å². The van der Waals surface area contributed by atoms with Crippen LogP contribution >= 0.6 is 0 Å². The molecule has 3 aromatic carbocycles. The number of carbonyl (C=O) groups excluding carboxylic acids is 2. The summed E-state index contributed by atoms with van der Waals surface area (Å²) in [6.07, 6.45) is -1.15. The Kier molecular flexibility index (Phi) is 6.33. The van der Waals surface area contributed by atoms with Crippen LogP contribution in [0.2, 0.25) is 0 Å². The van der Waals surface area contributed by atoms with Crippen molar-refractivity contribution in [2.24, 2.45) is 0 Å². The van der Waals surface area contributed by atoms with Crippen molar-refractivity contribution in [3.05, 3.63) is 102 Å². The van der Waals surface area contributed by atoms with E-state index in [1.165, 1.54) is 0 Å². The van der Waals surface area contributed by atoms with E-state index in [1.807, 2.05) is 18.2 Å². The summed E-state index contributed by atoms with van der Waals surface area (Å²) < 4.78 is 52.7. The van der Waals surface area contributed by atoms with Gasteiger partial charge in [0.15, 0.2) is 0 Å². The Morgan fingerprint density at radius 3 is 2.42 bits per heavy atom. The lowest BCUT2D eigenvalue weighted by atomic mass is 10.1. The molecule has 4 aromatic rings. The molecular formula is C27H19F4N5O2. The fourth-order valence-corrected chi connectivity index (χ4v) is 3.93. The molecule has 2 heterocycles. The quantitative estimate of drug-likeness (QED) is 0.144. The maximum absolute atomic E-state index is 13.9. The van der Waals surface area contributed by atoms with Crippen molar-refractivity contribution in [1.29, 1.82) is 0 Å². The molecule has 1 aliphatic rings. The molecule has 5 N–H and O–H groups in total. The van der Waals surface area contributed by atoms with Gasteiger partial charge in [0.1, 0.15) is 5.82 Å². The van der Waals surface area contributed by atoms with Gasteiger partial charge in [0.25, 0.3) is 5.91 Å². The minimum Gasteiger partial charge on any atom is -0.362 e. The Balaban J connectivity index is 1.28. The van der Waals surface area contributed by atoms with Crippen LogP contribution in [0.4, 0.5) is 50.8 Å². The van der Waals surface area contributed by atoms with Crippen molar-refractivity contribution in [2.75, 3.05) is 21.3 Å². The zero-order chi connectivity index (χ0) is 26.9. The van der Waals surface area contributed by atoms with Gasteiger partial charge in [-0.1, -0.05) is 12.1 Å². The molecule has 0 atom stereocenters. The molecule has 11 heteroatoms. The van der Waals surface area contributed by atoms with E-state index >= 15 is 0 Å². The molecule has 0 spiro atoms. The number of amides is 3. The first-order valence-corrected chi connectivity index (χ1v) is 11.3. The van der Waals surface area contributed by atoms with E-state index in [-0.39, 0.29) is 5.91 Å². The first-order valence-electron chi connectivity index (χ1n) is 11.3. The number of benzene rings is 3. The lowest BCUT2D eigenvalue weighted by molar-refractivity contribution is -0.137. The number of alkyl halides is 3. The average molecular weight is 521 g/mol. The van der Waals surface area contributed by atoms with Gasteiger partial charge in [0, 0.05) is 34.5 Å². The number of halogens is 4. The number of hydrogen-bond acceptors (Lipinski definition) is 3.